The first-order chi connectivity index (χ1) is 10.1. The average molecular weight is 292 g/mol. The van der Waals surface area contributed by atoms with E-state index in [0.717, 1.165) is 0 Å². The number of esters is 1. The van der Waals surface area contributed by atoms with E-state index in [-0.39, 0.29) is 0 Å². The van der Waals surface area contributed by atoms with Gasteiger partial charge in [0, 0.05) is 6.54 Å². The Morgan fingerprint density at radius 3 is 2.67 bits per heavy atom. The van der Waals surface area contributed by atoms with Gasteiger partial charge in [0.05, 0.1) is 13.2 Å². The van der Waals surface area contributed by atoms with E-state index >= 15 is 0 Å². The van der Waals surface area contributed by atoms with Crippen LogP contribution in [0.5, 0.6) is 0 Å². The lowest BCUT2D eigenvalue weighted by Gasteiger charge is -2.27. The van der Waals surface area contributed by atoms with Crippen LogP contribution in [0.4, 0.5) is 0 Å². The van der Waals surface area contributed by atoms with E-state index in [9.17, 15) is 14.7 Å². The molecule has 1 aliphatic rings. The minimum atomic E-state index is -1.38. The van der Waals surface area contributed by atoms with Crippen molar-refractivity contribution in [1.29, 1.82) is 0 Å². The smallest absolute Gasteiger partial charge is 0.328 e. The molecule has 1 aliphatic heterocycles. The summed E-state index contributed by atoms with van der Waals surface area (Å²) in [6, 6.07) is 7.47. The van der Waals surface area contributed by atoms with Gasteiger partial charge in [-0.05, 0) is 18.4 Å². The van der Waals surface area contributed by atoms with Crippen LogP contribution >= 0.6 is 0 Å². The fourth-order valence-corrected chi connectivity index (χ4v) is 2.59. The minimum Gasteiger partial charge on any atom is -0.467 e. The van der Waals surface area contributed by atoms with Crippen LogP contribution in [-0.2, 0) is 14.3 Å². The van der Waals surface area contributed by atoms with Crippen LogP contribution < -0.4 is 5.73 Å². The zero-order valence-corrected chi connectivity index (χ0v) is 11.9. The highest BCUT2D eigenvalue weighted by Crippen LogP contribution is 2.22. The second-order valence-electron chi connectivity index (χ2n) is 5.09. The van der Waals surface area contributed by atoms with Crippen molar-refractivity contribution in [3.05, 3.63) is 35.9 Å². The highest BCUT2D eigenvalue weighted by molar-refractivity contribution is 5.88. The number of carbonyl (C=O) groups excluding carboxylic acids is 2. The molecule has 6 heteroatoms. The highest BCUT2D eigenvalue weighted by atomic mass is 16.5. The van der Waals surface area contributed by atoms with Crippen molar-refractivity contribution in [3.8, 4) is 0 Å². The predicted octanol–water partition coefficient (Wildman–Crippen LogP) is 0.211. The lowest BCUT2D eigenvalue weighted by Crippen LogP contribution is -2.48. The molecule has 1 aromatic rings. The predicted molar refractivity (Wildman–Crippen MR) is 76.1 cm³/mol. The molecule has 0 spiro atoms. The molecule has 1 heterocycles. The summed E-state index contributed by atoms with van der Waals surface area (Å²) in [4.78, 5) is 25.4. The van der Waals surface area contributed by atoms with Gasteiger partial charge >= 0.3 is 5.97 Å². The Bertz CT molecular complexity index is 506. The monoisotopic (exact) mass is 292 g/mol. The number of amides is 1. The molecule has 0 radical (unpaired) electrons. The molecule has 0 saturated carbocycles. The first kappa shape index (κ1) is 15.5. The maximum absolute atomic E-state index is 12.4. The van der Waals surface area contributed by atoms with Crippen molar-refractivity contribution >= 4 is 11.9 Å². The van der Waals surface area contributed by atoms with E-state index in [1.807, 2.05) is 6.07 Å². The molecule has 114 valence electrons. The maximum atomic E-state index is 12.4. The molecule has 21 heavy (non-hydrogen) atoms. The van der Waals surface area contributed by atoms with Crippen molar-refractivity contribution in [3.63, 3.8) is 0 Å². The minimum absolute atomic E-state index is 0.428. The molecule has 0 bridgehead atoms. The van der Waals surface area contributed by atoms with Crippen molar-refractivity contribution in [2.75, 3.05) is 13.7 Å². The third-order valence-electron chi connectivity index (χ3n) is 3.79. The van der Waals surface area contributed by atoms with Crippen LogP contribution in [0.15, 0.2) is 30.3 Å². The maximum Gasteiger partial charge on any atom is 0.328 e. The van der Waals surface area contributed by atoms with Gasteiger partial charge in [0.25, 0.3) is 5.91 Å². The number of benzene rings is 1. The van der Waals surface area contributed by atoms with Gasteiger partial charge in [0.2, 0.25) is 0 Å². The molecule has 0 aliphatic carbocycles. The van der Waals surface area contributed by atoms with Gasteiger partial charge in [-0.2, -0.15) is 0 Å². The number of nitrogens with two attached hydrogens (primary N) is 1. The van der Waals surface area contributed by atoms with Crippen molar-refractivity contribution in [2.24, 2.45) is 5.73 Å². The lowest BCUT2D eigenvalue weighted by molar-refractivity contribution is -0.154. The summed E-state index contributed by atoms with van der Waals surface area (Å²) in [6.45, 7) is 0.428. The Hall–Kier alpha value is -1.92. The summed E-state index contributed by atoms with van der Waals surface area (Å²) >= 11 is 0. The van der Waals surface area contributed by atoms with Gasteiger partial charge in [-0.15, -0.1) is 0 Å². The number of hydrogen-bond acceptors (Lipinski definition) is 5. The summed E-state index contributed by atoms with van der Waals surface area (Å²) in [5.41, 5.74) is 6.62. The number of rotatable bonds is 4. The van der Waals surface area contributed by atoms with E-state index in [4.69, 9.17) is 10.5 Å². The van der Waals surface area contributed by atoms with Crippen LogP contribution in [0.25, 0.3) is 0 Å². The zero-order valence-electron chi connectivity index (χ0n) is 11.9. The van der Waals surface area contributed by atoms with Gasteiger partial charge < -0.3 is 20.5 Å². The first-order valence-electron chi connectivity index (χ1n) is 6.93. The Morgan fingerprint density at radius 2 is 2.05 bits per heavy atom. The van der Waals surface area contributed by atoms with Crippen LogP contribution in [0.1, 0.15) is 24.4 Å². The molecule has 2 rings (SSSR count). The molecule has 3 atom stereocenters. The summed E-state index contributed by atoms with van der Waals surface area (Å²) in [5.74, 6) is -0.986. The molecule has 0 aromatic heterocycles. The Morgan fingerprint density at radius 1 is 1.38 bits per heavy atom. The van der Waals surface area contributed by atoms with E-state index in [0.29, 0.717) is 24.9 Å². The summed E-state index contributed by atoms with van der Waals surface area (Å²) < 4.78 is 4.69. The number of likely N-dealkylation sites (tertiary alicyclic amines) is 1. The third-order valence-corrected chi connectivity index (χ3v) is 3.79. The lowest BCUT2D eigenvalue weighted by atomic mass is 10.0. The molecular weight excluding hydrogens is 272 g/mol. The number of hydrogen-bond donors (Lipinski definition) is 2. The normalized spacial score (nSPS) is 20.9. The molecule has 1 saturated heterocycles. The largest absolute Gasteiger partial charge is 0.467 e. The number of nitrogens with zero attached hydrogens (tertiary/aromatic N) is 1. The topological polar surface area (TPSA) is 92.9 Å². The number of carbonyl (C=O) groups is 2. The average Bonchev–Trinajstić information content (AvgIpc) is 3.02. The second-order valence-corrected chi connectivity index (χ2v) is 5.09. The van der Waals surface area contributed by atoms with Crippen LogP contribution in [-0.4, -0.2) is 47.7 Å². The second kappa shape index (κ2) is 6.69. The summed E-state index contributed by atoms with van der Waals surface area (Å²) in [7, 11) is 1.29. The van der Waals surface area contributed by atoms with Crippen molar-refractivity contribution < 1.29 is 19.4 Å². The van der Waals surface area contributed by atoms with E-state index in [2.05, 4.69) is 0 Å². The Kier molecular flexibility index (Phi) is 4.93. The van der Waals surface area contributed by atoms with Gasteiger partial charge in [0.1, 0.15) is 6.04 Å². The van der Waals surface area contributed by atoms with Gasteiger partial charge in [0.15, 0.2) is 6.10 Å². The van der Waals surface area contributed by atoms with E-state index < -0.39 is 30.1 Å². The SMILES string of the molecule is COC(=O)[C@@H]1CCCN1C(=O)[C@@H](O)[C@H](N)c1ccccc1. The molecule has 1 amide bonds. The molecule has 1 aromatic carbocycles. The quantitative estimate of drug-likeness (QED) is 0.774. The standard InChI is InChI=1S/C15H20N2O4/c1-21-15(20)11-8-5-9-17(11)14(19)13(18)12(16)10-6-3-2-4-7-10/h2-4,6-7,11-13,18H,5,8-9,16H2,1H3/t11-,12+,13-/m0/s1. The number of aliphatic hydroxyl groups excluding tert-OH is 1. The summed E-state index contributed by atoms with van der Waals surface area (Å²) in [5, 5.41) is 10.2. The van der Waals surface area contributed by atoms with Crippen molar-refractivity contribution in [1.82, 2.24) is 4.90 Å². The summed E-state index contributed by atoms with van der Waals surface area (Å²) in [6.07, 6.45) is -0.123. The fraction of sp³-hybridized carbons (Fsp3) is 0.467. The molecule has 0 unspecified atom stereocenters. The highest BCUT2D eigenvalue weighted by Gasteiger charge is 2.39. The molecular formula is C15H20N2O4. The van der Waals surface area contributed by atoms with Gasteiger partial charge in [-0.1, -0.05) is 30.3 Å². The van der Waals surface area contributed by atoms with E-state index in [1.54, 1.807) is 24.3 Å². The Labute approximate surface area is 123 Å². The van der Waals surface area contributed by atoms with E-state index in [1.165, 1.54) is 12.0 Å². The Balaban J connectivity index is 2.10. The number of aliphatic hydroxyl groups is 1. The molecule has 3 N–H and O–H groups in total. The van der Waals surface area contributed by atoms with Crippen LogP contribution in [0.2, 0.25) is 0 Å². The van der Waals surface area contributed by atoms with Crippen molar-refractivity contribution in [2.45, 2.75) is 31.0 Å². The number of methoxy groups -OCH3 is 1. The van der Waals surface area contributed by atoms with Gasteiger partial charge in [-0.25, -0.2) is 4.79 Å². The third kappa shape index (κ3) is 3.22. The molecule has 6 nitrogen and oxygen atoms in total. The first-order valence-corrected chi connectivity index (χ1v) is 6.93. The zero-order chi connectivity index (χ0) is 15.4. The number of ether oxygens (including phenoxy) is 1. The fourth-order valence-electron chi connectivity index (χ4n) is 2.59. The van der Waals surface area contributed by atoms with Crippen LogP contribution in [0, 0.1) is 0 Å². The van der Waals surface area contributed by atoms with Gasteiger partial charge in [-0.3, -0.25) is 4.79 Å². The molecule has 1 fully saturated rings. The van der Waals surface area contributed by atoms with Crippen LogP contribution in [0.3, 0.4) is 0 Å².